The Kier molecular flexibility index (Phi) is 4.50. The molecule has 0 aromatic rings. The smallest absolute Gasteiger partial charge is 0.148 e. The fraction of sp³-hybridized carbons (Fsp3) is 0.917. The van der Waals surface area contributed by atoms with Gasteiger partial charge in [-0.05, 0) is 7.05 Å². The largest absolute Gasteiger partial charge is 0.390 e. The van der Waals surface area contributed by atoms with Gasteiger partial charge in [0.1, 0.15) is 5.78 Å². The Balaban J connectivity index is 1.66. The maximum Gasteiger partial charge on any atom is 0.148 e. The van der Waals surface area contributed by atoms with Gasteiger partial charge in [0.2, 0.25) is 0 Å². The molecule has 98 valence electrons. The van der Waals surface area contributed by atoms with E-state index in [0.29, 0.717) is 25.3 Å². The average Bonchev–Trinajstić information content (AvgIpc) is 2.67. The summed E-state index contributed by atoms with van der Waals surface area (Å²) in [6.07, 6.45) is 0.325. The van der Waals surface area contributed by atoms with Crippen LogP contribution in [-0.2, 0) is 4.79 Å². The van der Waals surface area contributed by atoms with Crippen molar-refractivity contribution in [2.45, 2.75) is 12.5 Å². The van der Waals surface area contributed by atoms with Crippen molar-refractivity contribution in [3.63, 3.8) is 0 Å². The molecule has 2 aliphatic heterocycles. The Morgan fingerprint density at radius 1 is 1.12 bits per heavy atom. The summed E-state index contributed by atoms with van der Waals surface area (Å²) in [5.74, 6) is 0.303. The SMILES string of the molecule is CN1CCN(CC(O)CN2CCC(=O)C2)CC1. The third-order valence-corrected chi connectivity index (χ3v) is 3.64. The zero-order valence-corrected chi connectivity index (χ0v) is 10.6. The molecule has 2 saturated heterocycles. The summed E-state index contributed by atoms with van der Waals surface area (Å²) in [4.78, 5) is 17.8. The molecule has 2 aliphatic rings. The van der Waals surface area contributed by atoms with Crippen LogP contribution in [-0.4, -0.2) is 91.1 Å². The third kappa shape index (κ3) is 4.03. The van der Waals surface area contributed by atoms with Crippen LogP contribution in [0.2, 0.25) is 0 Å². The van der Waals surface area contributed by atoms with E-state index in [0.717, 1.165) is 39.3 Å². The van der Waals surface area contributed by atoms with Gasteiger partial charge < -0.3 is 10.0 Å². The van der Waals surface area contributed by atoms with Gasteiger partial charge in [0.05, 0.1) is 12.6 Å². The zero-order valence-electron chi connectivity index (χ0n) is 10.6. The number of nitrogens with zero attached hydrogens (tertiary/aromatic N) is 3. The molecule has 5 heteroatoms. The number of β-amino-alcohol motifs (C(OH)–C–C–N with tert-alkyl or cyclic N) is 1. The maximum absolute atomic E-state index is 11.1. The highest BCUT2D eigenvalue weighted by atomic mass is 16.3. The lowest BCUT2D eigenvalue weighted by atomic mass is 10.2. The number of Topliss-reactive ketones (excluding diaryl/α,β-unsaturated/α-hetero) is 1. The van der Waals surface area contributed by atoms with Crippen LogP contribution in [0.25, 0.3) is 0 Å². The number of hydrogen-bond donors (Lipinski definition) is 1. The maximum atomic E-state index is 11.1. The molecular weight excluding hydrogens is 218 g/mol. The lowest BCUT2D eigenvalue weighted by Crippen LogP contribution is -2.48. The Bertz CT molecular complexity index is 264. The van der Waals surface area contributed by atoms with E-state index in [4.69, 9.17) is 0 Å². The molecular formula is C12H23N3O2. The minimum absolute atomic E-state index is 0.303. The second-order valence-corrected chi connectivity index (χ2v) is 5.28. The molecule has 2 fully saturated rings. The number of aliphatic hydroxyl groups is 1. The van der Waals surface area contributed by atoms with Crippen LogP contribution < -0.4 is 0 Å². The number of likely N-dealkylation sites (tertiary alicyclic amines) is 1. The number of likely N-dealkylation sites (N-methyl/N-ethyl adjacent to an activating group) is 1. The highest BCUT2D eigenvalue weighted by Crippen LogP contribution is 2.06. The average molecular weight is 241 g/mol. The first kappa shape index (κ1) is 13.0. The Labute approximate surface area is 103 Å². The van der Waals surface area contributed by atoms with Gasteiger partial charge in [-0.3, -0.25) is 14.6 Å². The van der Waals surface area contributed by atoms with E-state index in [1.165, 1.54) is 0 Å². The second kappa shape index (κ2) is 5.91. The molecule has 1 atom stereocenters. The van der Waals surface area contributed by atoms with Crippen molar-refractivity contribution in [3.05, 3.63) is 0 Å². The molecule has 0 aliphatic carbocycles. The van der Waals surface area contributed by atoms with Crippen molar-refractivity contribution in [2.24, 2.45) is 0 Å². The minimum Gasteiger partial charge on any atom is -0.390 e. The van der Waals surface area contributed by atoms with Gasteiger partial charge >= 0.3 is 0 Å². The molecule has 1 unspecified atom stereocenters. The lowest BCUT2D eigenvalue weighted by molar-refractivity contribution is -0.117. The Hall–Kier alpha value is -0.490. The molecule has 0 spiro atoms. The monoisotopic (exact) mass is 241 g/mol. The Morgan fingerprint density at radius 2 is 1.76 bits per heavy atom. The third-order valence-electron chi connectivity index (χ3n) is 3.64. The molecule has 2 rings (SSSR count). The summed E-state index contributed by atoms with van der Waals surface area (Å²) in [7, 11) is 2.13. The van der Waals surface area contributed by atoms with E-state index in [1.54, 1.807) is 0 Å². The summed E-state index contributed by atoms with van der Waals surface area (Å²) >= 11 is 0. The van der Waals surface area contributed by atoms with Crippen LogP contribution in [0.5, 0.6) is 0 Å². The van der Waals surface area contributed by atoms with Crippen LogP contribution in [0.3, 0.4) is 0 Å². The number of carbonyl (C=O) groups excluding carboxylic acids is 1. The van der Waals surface area contributed by atoms with Gasteiger partial charge in [-0.15, -0.1) is 0 Å². The highest BCUT2D eigenvalue weighted by Gasteiger charge is 2.23. The van der Waals surface area contributed by atoms with E-state index >= 15 is 0 Å². The summed E-state index contributed by atoms with van der Waals surface area (Å²) in [6, 6.07) is 0. The van der Waals surface area contributed by atoms with Gasteiger partial charge in [0, 0.05) is 52.2 Å². The topological polar surface area (TPSA) is 47.0 Å². The summed E-state index contributed by atoms with van der Waals surface area (Å²) < 4.78 is 0. The molecule has 0 saturated carbocycles. The van der Waals surface area contributed by atoms with E-state index in [1.807, 2.05) is 0 Å². The molecule has 5 nitrogen and oxygen atoms in total. The minimum atomic E-state index is -0.329. The molecule has 2 heterocycles. The fourth-order valence-electron chi connectivity index (χ4n) is 2.53. The number of ketones is 1. The van der Waals surface area contributed by atoms with Gasteiger partial charge in [-0.2, -0.15) is 0 Å². The van der Waals surface area contributed by atoms with Gasteiger partial charge in [-0.25, -0.2) is 0 Å². The predicted molar refractivity (Wildman–Crippen MR) is 66.0 cm³/mol. The second-order valence-electron chi connectivity index (χ2n) is 5.28. The molecule has 0 bridgehead atoms. The number of aliphatic hydroxyl groups excluding tert-OH is 1. The summed E-state index contributed by atoms with van der Waals surface area (Å²) in [6.45, 7) is 6.94. The predicted octanol–water partition coefficient (Wildman–Crippen LogP) is -1.13. The van der Waals surface area contributed by atoms with Gasteiger partial charge in [0.25, 0.3) is 0 Å². The molecule has 17 heavy (non-hydrogen) atoms. The molecule has 1 N–H and O–H groups in total. The standard InChI is InChI=1S/C12H23N3O2/c1-13-4-6-14(7-5-13)9-12(17)10-15-3-2-11(16)8-15/h12,17H,2-10H2,1H3. The van der Waals surface area contributed by atoms with Crippen LogP contribution in [0.4, 0.5) is 0 Å². The van der Waals surface area contributed by atoms with Crippen molar-refractivity contribution >= 4 is 5.78 Å². The highest BCUT2D eigenvalue weighted by molar-refractivity contribution is 5.82. The van der Waals surface area contributed by atoms with Crippen LogP contribution in [0.15, 0.2) is 0 Å². The van der Waals surface area contributed by atoms with Crippen LogP contribution in [0.1, 0.15) is 6.42 Å². The first-order valence-electron chi connectivity index (χ1n) is 6.46. The molecule has 0 radical (unpaired) electrons. The van der Waals surface area contributed by atoms with E-state index in [-0.39, 0.29) is 6.10 Å². The fourth-order valence-corrected chi connectivity index (χ4v) is 2.53. The summed E-state index contributed by atoms with van der Waals surface area (Å²) in [5, 5.41) is 10.0. The quantitative estimate of drug-likeness (QED) is 0.675. The lowest BCUT2D eigenvalue weighted by Gasteiger charge is -2.34. The van der Waals surface area contributed by atoms with Gasteiger partial charge in [-0.1, -0.05) is 0 Å². The van der Waals surface area contributed by atoms with Crippen molar-refractivity contribution in [1.29, 1.82) is 0 Å². The number of hydrogen-bond acceptors (Lipinski definition) is 5. The van der Waals surface area contributed by atoms with Crippen LogP contribution >= 0.6 is 0 Å². The van der Waals surface area contributed by atoms with E-state index in [2.05, 4.69) is 21.7 Å². The van der Waals surface area contributed by atoms with E-state index in [9.17, 15) is 9.90 Å². The zero-order chi connectivity index (χ0) is 12.3. The summed E-state index contributed by atoms with van der Waals surface area (Å²) in [5.41, 5.74) is 0. The molecule has 0 aromatic heterocycles. The number of rotatable bonds is 4. The normalized spacial score (nSPS) is 26.6. The molecule has 0 aromatic carbocycles. The molecule has 0 amide bonds. The number of carbonyl (C=O) groups is 1. The number of piperazine rings is 1. The Morgan fingerprint density at radius 3 is 2.35 bits per heavy atom. The first-order valence-corrected chi connectivity index (χ1v) is 6.46. The van der Waals surface area contributed by atoms with E-state index < -0.39 is 0 Å². The first-order chi connectivity index (χ1) is 8.13. The van der Waals surface area contributed by atoms with Crippen molar-refractivity contribution in [1.82, 2.24) is 14.7 Å². The van der Waals surface area contributed by atoms with Gasteiger partial charge in [0.15, 0.2) is 0 Å². The van der Waals surface area contributed by atoms with Crippen molar-refractivity contribution in [2.75, 3.05) is 59.4 Å². The van der Waals surface area contributed by atoms with Crippen LogP contribution in [0, 0.1) is 0 Å². The van der Waals surface area contributed by atoms with Crippen molar-refractivity contribution in [3.8, 4) is 0 Å². The van der Waals surface area contributed by atoms with Crippen molar-refractivity contribution < 1.29 is 9.90 Å².